The minimum absolute atomic E-state index is 0.00712. The number of alkyl halides is 1. The fourth-order valence-corrected chi connectivity index (χ4v) is 10.5. The van der Waals surface area contributed by atoms with Gasteiger partial charge in [-0.2, -0.15) is 4.91 Å². The van der Waals surface area contributed by atoms with E-state index in [4.69, 9.17) is 23.7 Å². The average molecular weight is 979 g/mol. The quantitative estimate of drug-likeness (QED) is 0.138. The number of halogens is 1. The van der Waals surface area contributed by atoms with E-state index in [1.54, 1.807) is 52.9 Å². The lowest BCUT2D eigenvalue weighted by Gasteiger charge is -2.47. The van der Waals surface area contributed by atoms with Crippen LogP contribution in [0.2, 0.25) is 0 Å². The van der Waals surface area contributed by atoms with Gasteiger partial charge in [0.25, 0.3) is 0 Å². The number of nitrogens with zero attached hydrogens (tertiary/aromatic N) is 5. The molecule has 2 bridgehead atoms. The Balaban J connectivity index is 1.45. The van der Waals surface area contributed by atoms with Crippen LogP contribution in [0, 0.1) is 22.7 Å². The molecule has 0 aliphatic carbocycles. The minimum Gasteiger partial charge on any atom is -0.459 e. The summed E-state index contributed by atoms with van der Waals surface area (Å²) in [4.78, 5) is 55.7. The second-order valence-electron chi connectivity index (χ2n) is 19.5. The first kappa shape index (κ1) is 54.8. The number of aliphatic hydroxyl groups is 2. The van der Waals surface area contributed by atoms with Crippen LogP contribution in [0.4, 0.5) is 4.39 Å². The molecule has 68 heavy (non-hydrogen) atoms. The first-order chi connectivity index (χ1) is 31.8. The molecule has 2 aromatic rings. The molecule has 1 saturated heterocycles. The highest BCUT2D eigenvalue weighted by molar-refractivity contribution is 7.90. The number of nitroso groups, excluding NO2 is 1. The van der Waals surface area contributed by atoms with Crippen LogP contribution in [-0.4, -0.2) is 156 Å². The van der Waals surface area contributed by atoms with Gasteiger partial charge in [-0.15, -0.1) is 5.10 Å². The van der Waals surface area contributed by atoms with Gasteiger partial charge in [0, 0.05) is 62.3 Å². The van der Waals surface area contributed by atoms with E-state index in [2.05, 4.69) is 20.8 Å². The highest BCUT2D eigenvalue weighted by Crippen LogP contribution is 2.41. The van der Waals surface area contributed by atoms with Crippen molar-refractivity contribution < 1.29 is 61.1 Å². The fraction of sp³-hybridized carbons (Fsp3) is 0.723. The van der Waals surface area contributed by atoms with E-state index in [1.165, 1.54) is 37.6 Å². The first-order valence-corrected chi connectivity index (χ1v) is 25.2. The number of aliphatic hydroxyl groups excluding tert-OH is 1. The Kier molecular flexibility index (Phi) is 18.4. The second-order valence-corrected chi connectivity index (χ2v) is 21.5. The van der Waals surface area contributed by atoms with Gasteiger partial charge in [0.2, 0.25) is 5.91 Å². The number of ketones is 1. The van der Waals surface area contributed by atoms with Gasteiger partial charge in [0.15, 0.2) is 21.9 Å². The highest BCUT2D eigenvalue weighted by Gasteiger charge is 2.52. The number of carbonyl (C=O) groups is 3. The van der Waals surface area contributed by atoms with Crippen molar-refractivity contribution in [3.05, 3.63) is 57.9 Å². The predicted octanol–water partition coefficient (Wildman–Crippen LogP) is 3.83. The van der Waals surface area contributed by atoms with E-state index >= 15 is 0 Å². The smallest absolute Gasteiger partial charge is 0.316 e. The standard InChI is InChI=1S/C47H71FN6O13S/c1-12-38-47(9,59)43-28(4)39(49-31(7)55)26(2)21-46(8,64-25-34(51-60)24-63-43)42(29(5)40(56)30(6)44(58)66-38)67-45-41(57)37(19-27(3)65-45)53(10)18-17-33-23-54(52-50-33)35(22-48)20-32-13-15-36(16-14-32)68(11,61)62/h13-16,23,27-30,34-35,37-38,41-43,45,57,59H,12,17-22,24-25H2,1-11H3,(H,49,55)/t27-,28+,29+,30-,34?,35+,37+,38-,41-,42-,43-,45+,46-,47-/m1/s1. The summed E-state index contributed by atoms with van der Waals surface area (Å²) in [5.41, 5.74) is -1.15. The lowest BCUT2D eigenvalue weighted by atomic mass is 9.77. The summed E-state index contributed by atoms with van der Waals surface area (Å²) in [7, 11) is -1.55. The van der Waals surface area contributed by atoms with Gasteiger partial charge in [0.1, 0.15) is 36.4 Å². The number of ether oxygens (including phenoxy) is 5. The molecule has 19 nitrogen and oxygen atoms in total. The predicted molar refractivity (Wildman–Crippen MR) is 246 cm³/mol. The molecule has 4 heterocycles. The molecule has 3 aliphatic rings. The molecule has 21 heteroatoms. The van der Waals surface area contributed by atoms with Crippen molar-refractivity contribution in [2.24, 2.45) is 22.9 Å². The Hall–Kier alpha value is -4.09. The molecule has 14 atom stereocenters. The molecule has 1 aromatic heterocycles. The summed E-state index contributed by atoms with van der Waals surface area (Å²) < 4.78 is 71.6. The van der Waals surface area contributed by atoms with Gasteiger partial charge in [-0.1, -0.05) is 48.9 Å². The van der Waals surface area contributed by atoms with Crippen molar-refractivity contribution in [3.63, 3.8) is 0 Å². The molecule has 3 aliphatic heterocycles. The summed E-state index contributed by atoms with van der Waals surface area (Å²) in [6.07, 6.45) is -2.78. The minimum atomic E-state index is -3.38. The van der Waals surface area contributed by atoms with Crippen LogP contribution >= 0.6 is 0 Å². The topological polar surface area (TPSA) is 247 Å². The number of esters is 1. The van der Waals surface area contributed by atoms with Crippen LogP contribution in [0.25, 0.3) is 0 Å². The van der Waals surface area contributed by atoms with Crippen molar-refractivity contribution in [2.45, 2.75) is 165 Å². The lowest BCUT2D eigenvalue weighted by Crippen LogP contribution is -2.60. The van der Waals surface area contributed by atoms with Crippen LogP contribution in [0.15, 0.2) is 51.8 Å². The van der Waals surface area contributed by atoms with Crippen molar-refractivity contribution in [1.29, 1.82) is 0 Å². The van der Waals surface area contributed by atoms with Crippen molar-refractivity contribution in [2.75, 3.05) is 39.7 Å². The molecule has 1 amide bonds. The summed E-state index contributed by atoms with van der Waals surface area (Å²) in [5.74, 6) is -5.12. The molecule has 0 spiro atoms. The number of benzene rings is 1. The fourth-order valence-electron chi connectivity index (χ4n) is 9.88. The average Bonchev–Trinajstić information content (AvgIpc) is 3.76. The maximum absolute atomic E-state index is 14.5. The zero-order valence-electron chi connectivity index (χ0n) is 41.1. The number of nitrogens with one attached hydrogen (secondary N) is 1. The monoisotopic (exact) mass is 978 g/mol. The molecule has 3 N–H and O–H groups in total. The van der Waals surface area contributed by atoms with Gasteiger partial charge in [-0.3, -0.25) is 14.4 Å². The molecular weight excluding hydrogens is 908 g/mol. The number of amides is 1. The Morgan fingerprint density at radius 1 is 1.13 bits per heavy atom. The number of aromatic nitrogens is 3. The molecule has 5 rings (SSSR count). The number of hydrogen-bond donors (Lipinski definition) is 3. The summed E-state index contributed by atoms with van der Waals surface area (Å²) in [6.45, 7) is 13.6. The van der Waals surface area contributed by atoms with Crippen LogP contribution in [0.3, 0.4) is 0 Å². The normalized spacial score (nSPS) is 34.1. The third-order valence-electron chi connectivity index (χ3n) is 13.8. The van der Waals surface area contributed by atoms with E-state index in [0.717, 1.165) is 11.8 Å². The second kappa shape index (κ2) is 22.8. The van der Waals surface area contributed by atoms with E-state index in [-0.39, 0.29) is 37.4 Å². The zero-order chi connectivity index (χ0) is 50.5. The summed E-state index contributed by atoms with van der Waals surface area (Å²) in [5, 5.41) is 39.0. The van der Waals surface area contributed by atoms with Crippen LogP contribution < -0.4 is 5.32 Å². The van der Waals surface area contributed by atoms with Gasteiger partial charge >= 0.3 is 5.97 Å². The number of cyclic esters (lactones) is 1. The van der Waals surface area contributed by atoms with Crippen LogP contribution in [-0.2, 0) is 60.7 Å². The Morgan fingerprint density at radius 2 is 1.81 bits per heavy atom. The maximum atomic E-state index is 14.5. The number of rotatable bonds is 14. The van der Waals surface area contributed by atoms with Gasteiger partial charge in [-0.25, -0.2) is 17.5 Å². The molecule has 1 unspecified atom stereocenters. The number of sulfone groups is 1. The summed E-state index contributed by atoms with van der Waals surface area (Å²) in [6, 6.07) is 3.94. The van der Waals surface area contributed by atoms with Crippen molar-refractivity contribution in [3.8, 4) is 0 Å². The Bertz CT molecular complexity index is 2230. The molecular formula is C47H71FN6O13S. The largest absolute Gasteiger partial charge is 0.459 e. The molecule has 380 valence electrons. The number of likely N-dealkylation sites (N-methyl/N-ethyl adjacent to an activating group) is 1. The highest BCUT2D eigenvalue weighted by atomic mass is 32.2. The van der Waals surface area contributed by atoms with Crippen LogP contribution in [0.5, 0.6) is 0 Å². The summed E-state index contributed by atoms with van der Waals surface area (Å²) >= 11 is 0. The third-order valence-corrected chi connectivity index (χ3v) is 14.9. The number of carbonyl (C=O) groups excluding carboxylic acids is 3. The molecule has 1 fully saturated rings. The number of Topliss-reactive ketones (excluding diaryl/α,β-unsaturated/α-hetero) is 1. The van der Waals surface area contributed by atoms with Crippen molar-refractivity contribution >= 4 is 27.5 Å². The molecule has 0 radical (unpaired) electrons. The van der Waals surface area contributed by atoms with Gasteiger partial charge in [-0.05, 0) is 78.6 Å². The first-order valence-electron chi connectivity index (χ1n) is 23.3. The number of fused-ring (bicyclic) bond motifs is 4. The molecule has 1 aromatic carbocycles. The van der Waals surface area contributed by atoms with Crippen molar-refractivity contribution in [1.82, 2.24) is 25.2 Å². The maximum Gasteiger partial charge on any atom is 0.316 e. The Labute approximate surface area is 398 Å². The zero-order valence-corrected chi connectivity index (χ0v) is 41.9. The van der Waals surface area contributed by atoms with E-state index in [0.29, 0.717) is 36.4 Å². The van der Waals surface area contributed by atoms with Crippen LogP contribution in [0.1, 0.15) is 98.9 Å². The molecule has 0 saturated carbocycles. The third kappa shape index (κ3) is 12.8. The van der Waals surface area contributed by atoms with Gasteiger partial charge < -0.3 is 44.1 Å². The number of hydrogen-bond acceptors (Lipinski definition) is 17. The SMILES string of the molecule is CC[C@H]1OC(=O)[C@H](C)C(=O)[C@H](C)[C@@H](O[C@@H]2O[C@H](C)C[C@H](N(C)CCc3cn([C@H](CF)Cc4ccc(S(C)(=O)=O)cc4)nn3)[C@H]2O)[C@@]2(C)CC(C)=C(NC(C)=O)[C@H](C)[C@@H](OCC(N=O)CO2)[C@]1(C)O. The lowest BCUT2D eigenvalue weighted by molar-refractivity contribution is -0.297. The van der Waals surface area contributed by atoms with E-state index in [9.17, 15) is 42.3 Å². The van der Waals surface area contributed by atoms with E-state index in [1.807, 2.05) is 18.9 Å². The van der Waals surface area contributed by atoms with E-state index < -0.39 is 118 Å². The van der Waals surface area contributed by atoms with Gasteiger partial charge in [0.05, 0.1) is 53.8 Å². The Morgan fingerprint density at radius 3 is 2.41 bits per heavy atom.